The fourth-order valence-corrected chi connectivity index (χ4v) is 6.84. The molecule has 0 bridgehead atoms. The predicted octanol–water partition coefficient (Wildman–Crippen LogP) is 12.8. The van der Waals surface area contributed by atoms with Crippen LogP contribution in [0.2, 0.25) is 0 Å². The monoisotopic (exact) mass is 626 g/mol. The topological polar surface area (TPSA) is 0 Å². The van der Waals surface area contributed by atoms with E-state index in [0.29, 0.717) is 11.8 Å². The van der Waals surface area contributed by atoms with E-state index in [1.165, 1.54) is 0 Å². The summed E-state index contributed by atoms with van der Waals surface area (Å²) in [7, 11) is 0. The van der Waals surface area contributed by atoms with Gasteiger partial charge in [0.25, 0.3) is 0 Å². The minimum Gasteiger partial charge on any atom is -0.0888 e. The molecular formula is C45H28S. The first kappa shape index (κ1) is 11.2. The molecule has 214 valence electrons. The summed E-state index contributed by atoms with van der Waals surface area (Å²) in [6.45, 7) is 0. The van der Waals surface area contributed by atoms with Crippen molar-refractivity contribution in [2.45, 2.75) is 16.2 Å². The highest BCUT2D eigenvalue weighted by Gasteiger charge is 2.21. The van der Waals surface area contributed by atoms with Gasteiger partial charge in [0.2, 0.25) is 0 Å². The Bertz CT molecular complexity index is 4080. The molecule has 9 aromatic carbocycles. The van der Waals surface area contributed by atoms with Gasteiger partial charge in [0.15, 0.2) is 0 Å². The van der Waals surface area contributed by atoms with Crippen molar-refractivity contribution in [2.24, 2.45) is 0 Å². The van der Waals surface area contributed by atoms with Crippen LogP contribution in [0.3, 0.4) is 0 Å². The van der Waals surface area contributed by atoms with E-state index in [2.05, 4.69) is 0 Å². The molecule has 9 aromatic rings. The normalized spacial score (nSPS) is 20.3. The molecule has 0 spiro atoms. The van der Waals surface area contributed by atoms with E-state index in [0.717, 1.165) is 0 Å². The Morgan fingerprint density at radius 2 is 1.04 bits per heavy atom. The zero-order chi connectivity index (χ0) is 52.8. The lowest BCUT2D eigenvalue weighted by atomic mass is 9.86. The highest BCUT2D eigenvalue weighted by molar-refractivity contribution is 7.99. The maximum Gasteiger partial charge on any atom is 0.0636 e. The van der Waals surface area contributed by atoms with E-state index in [4.69, 9.17) is 19.2 Å². The number of hydrogen-bond donors (Lipinski definition) is 0. The fourth-order valence-electron chi connectivity index (χ4n) is 5.87. The highest BCUT2D eigenvalue weighted by atomic mass is 32.2. The van der Waals surface area contributed by atoms with Crippen molar-refractivity contribution >= 4 is 54.9 Å². The van der Waals surface area contributed by atoms with Crippen molar-refractivity contribution in [3.8, 4) is 33.4 Å². The van der Waals surface area contributed by atoms with Gasteiger partial charge in [-0.25, -0.2) is 0 Å². The van der Waals surface area contributed by atoms with E-state index in [1.54, 1.807) is 0 Å². The lowest BCUT2D eigenvalue weighted by Crippen LogP contribution is -1.94. The van der Waals surface area contributed by atoms with Crippen molar-refractivity contribution in [3.63, 3.8) is 0 Å². The third kappa shape index (κ3) is 3.89. The second kappa shape index (κ2) is 10.1. The lowest BCUT2D eigenvalue weighted by Gasteiger charge is -2.22. The summed E-state index contributed by atoms with van der Waals surface area (Å²) in [5.41, 5.74) is -3.95. The van der Waals surface area contributed by atoms with E-state index in [9.17, 15) is 16.4 Å². The van der Waals surface area contributed by atoms with Gasteiger partial charge in [-0.1, -0.05) is 151 Å². The molecule has 0 aromatic heterocycles. The molecular weight excluding hydrogens is 573 g/mol. The van der Waals surface area contributed by atoms with Crippen LogP contribution in [0.4, 0.5) is 0 Å². The minimum absolute atomic E-state index is 0.132. The zero-order valence-corrected chi connectivity index (χ0v) is 23.9. The molecule has 46 heavy (non-hydrogen) atoms. The third-order valence-corrected chi connectivity index (χ3v) is 8.89. The molecule has 0 N–H and O–H groups in total. The Hall–Kier alpha value is -5.37. The average molecular weight is 627 g/mol. The van der Waals surface area contributed by atoms with Crippen LogP contribution >= 0.6 is 11.8 Å². The Morgan fingerprint density at radius 3 is 1.89 bits per heavy atom. The second-order valence-corrected chi connectivity index (χ2v) is 11.4. The third-order valence-electron chi connectivity index (χ3n) is 7.87. The molecule has 0 aliphatic carbocycles. The van der Waals surface area contributed by atoms with E-state index in [1.807, 2.05) is 0 Å². The average Bonchev–Trinajstić information content (AvgIpc) is 3.35. The Balaban J connectivity index is 1.38. The SMILES string of the molecule is [2H]c1c([2H])c([2H])c(Cc2c([2H])c([2H])c3c([2H])c([2H])c4c(-c5c([2H])c([2H])c([2H])c(-c6c([2H])c([2H])c7c8c(c([2H])c([2H])c([2H])c68)-c6c([2H])c([2H])c([2H])c([2H])c6S7)c5[2H])c([2H])c([2H])c5c([2H])c([2H])c2c3c54)c([2H])c1[2H]. The van der Waals surface area contributed by atoms with E-state index in [-0.39, 0.29) is 53.6 Å². The summed E-state index contributed by atoms with van der Waals surface area (Å²) in [5.74, 6) is 0. The van der Waals surface area contributed by atoms with Crippen molar-refractivity contribution in [1.29, 1.82) is 0 Å². The Kier molecular flexibility index (Phi) is 2.44. The number of rotatable bonds is 4. The minimum atomic E-state index is -0.980. The second-order valence-electron chi connectivity index (χ2n) is 10.4. The van der Waals surface area contributed by atoms with Crippen molar-refractivity contribution in [2.75, 3.05) is 0 Å². The van der Waals surface area contributed by atoms with Crippen molar-refractivity contribution in [3.05, 3.63) is 168 Å². The molecule has 0 radical (unpaired) electrons. The van der Waals surface area contributed by atoms with Gasteiger partial charge >= 0.3 is 0 Å². The first-order chi connectivity index (χ1) is 33.6. The van der Waals surface area contributed by atoms with Gasteiger partial charge in [0.1, 0.15) is 0 Å². The largest absolute Gasteiger partial charge is 0.0888 e. The first-order valence-corrected chi connectivity index (χ1v) is 14.7. The van der Waals surface area contributed by atoms with Gasteiger partial charge in [-0.2, -0.15) is 0 Å². The molecule has 0 amide bonds. The molecule has 1 heteroatoms. The lowest BCUT2D eigenvalue weighted by molar-refractivity contribution is 1.22. The van der Waals surface area contributed by atoms with Gasteiger partial charge in [0.05, 0.1) is 35.6 Å². The summed E-state index contributed by atoms with van der Waals surface area (Å²) in [5, 5.41) is -3.01. The van der Waals surface area contributed by atoms with Crippen LogP contribution in [0, 0.1) is 0 Å². The molecule has 1 heterocycles. The van der Waals surface area contributed by atoms with Crippen LogP contribution in [0.1, 0.15) is 46.8 Å². The molecule has 0 saturated carbocycles. The van der Waals surface area contributed by atoms with Gasteiger partial charge in [0, 0.05) is 15.2 Å². The van der Waals surface area contributed by atoms with Crippen LogP contribution in [0.5, 0.6) is 0 Å². The van der Waals surface area contributed by atoms with Gasteiger partial charge in [-0.15, -0.1) is 0 Å². The van der Waals surface area contributed by atoms with Crippen LogP contribution in [0.25, 0.3) is 76.5 Å². The van der Waals surface area contributed by atoms with E-state index < -0.39 is 207 Å². The molecule has 1 aliphatic rings. The zero-order valence-electron chi connectivity index (χ0n) is 49.1. The summed E-state index contributed by atoms with van der Waals surface area (Å²) in [6, 6.07) is -19.8. The molecule has 10 rings (SSSR count). The smallest absolute Gasteiger partial charge is 0.0636 e. The Morgan fingerprint density at radius 1 is 0.413 bits per heavy atom. The van der Waals surface area contributed by atoms with Gasteiger partial charge < -0.3 is 0 Å². The number of fused-ring (bicyclic) bond motifs is 2. The summed E-state index contributed by atoms with van der Waals surface area (Å²) in [6.07, 6.45) is -0.676. The summed E-state index contributed by atoms with van der Waals surface area (Å²) < 4.78 is 234. The van der Waals surface area contributed by atoms with Gasteiger partial charge in [-0.05, 0) is 107 Å². The number of hydrogen-bond acceptors (Lipinski definition) is 1. The molecule has 0 nitrogen and oxygen atoms in total. The summed E-state index contributed by atoms with van der Waals surface area (Å²) in [4.78, 5) is -0.293. The Labute approximate surface area is 308 Å². The fraction of sp³-hybridized carbons (Fsp3) is 0.0222. The first-order valence-electron chi connectivity index (χ1n) is 26.9. The van der Waals surface area contributed by atoms with Crippen molar-refractivity contribution < 1.29 is 35.6 Å². The molecule has 0 atom stereocenters. The molecule has 0 unspecified atom stereocenters. The summed E-state index contributed by atoms with van der Waals surface area (Å²) >= 11 is 0.652. The quantitative estimate of drug-likeness (QED) is 0.175. The molecule has 0 fully saturated rings. The van der Waals surface area contributed by atoms with Gasteiger partial charge in [-0.3, -0.25) is 0 Å². The maximum absolute atomic E-state index is 9.85. The molecule has 1 aliphatic heterocycles. The standard InChI is InChI=1S/C45H28S/c1-2-8-28(9-3-1)26-33-17-16-29-20-23-40-34(21-18-30-19-22-36(33)43(29)44(30)40)31-10-6-11-32(27-31)35-24-25-42-45-38(35)13-7-14-39(45)37-12-4-5-15-41(37)46-42/h1-25,27H,26H2/i1D,2D,3D,4D,5D,6D,7D,8D,9D,10D,11D,12D,13D,14D,15D,16D,17D,18D,19D,20D,21D,22D,23D,24D,25D,27D. The predicted molar refractivity (Wildman–Crippen MR) is 197 cm³/mol. The van der Waals surface area contributed by atoms with Crippen LogP contribution in [0.15, 0.2) is 167 Å². The van der Waals surface area contributed by atoms with Crippen molar-refractivity contribution in [1.82, 2.24) is 0 Å². The van der Waals surface area contributed by atoms with E-state index >= 15 is 0 Å². The molecule has 0 saturated heterocycles. The van der Waals surface area contributed by atoms with Crippen LogP contribution in [-0.4, -0.2) is 0 Å². The van der Waals surface area contributed by atoms with Crippen LogP contribution in [-0.2, 0) is 6.42 Å². The maximum atomic E-state index is 9.85. The van der Waals surface area contributed by atoms with Crippen LogP contribution < -0.4 is 0 Å². The highest BCUT2D eigenvalue weighted by Crippen LogP contribution is 2.50. The number of benzene rings is 9.